The van der Waals surface area contributed by atoms with Crippen molar-refractivity contribution >= 4 is 25.8 Å². The minimum absolute atomic E-state index is 0.00999. The van der Waals surface area contributed by atoms with Crippen molar-refractivity contribution in [3.63, 3.8) is 0 Å². The maximum atomic E-state index is 13.2. The van der Waals surface area contributed by atoms with E-state index in [0.717, 1.165) is 11.3 Å². The van der Waals surface area contributed by atoms with Crippen LogP contribution in [0.4, 0.5) is 0 Å². The van der Waals surface area contributed by atoms with E-state index < -0.39 is 8.07 Å². The Balaban J connectivity index is 2.04. The topological polar surface area (TPSA) is 29.5 Å². The number of thioether (sulfide) groups is 1. The third kappa shape index (κ3) is 6.59. The summed E-state index contributed by atoms with van der Waals surface area (Å²) in [6.07, 6.45) is 3.27. The summed E-state index contributed by atoms with van der Waals surface area (Å²) in [5, 5.41) is -0.388. The molecule has 0 saturated carbocycles. The molecule has 0 bridgehead atoms. The first-order chi connectivity index (χ1) is 15.1. The molecular formula is C27H37NO2SSi. The molecule has 3 atom stereocenters. The zero-order valence-corrected chi connectivity index (χ0v) is 22.1. The molecule has 1 aliphatic heterocycles. The monoisotopic (exact) mass is 467 g/mol. The minimum atomic E-state index is -1.30. The van der Waals surface area contributed by atoms with E-state index in [-0.39, 0.29) is 28.8 Å². The Morgan fingerprint density at radius 2 is 1.66 bits per heavy atom. The molecule has 32 heavy (non-hydrogen) atoms. The van der Waals surface area contributed by atoms with Gasteiger partial charge in [-0.1, -0.05) is 112 Å². The second-order valence-corrected chi connectivity index (χ2v) is 16.9. The Labute approximate surface area is 199 Å². The summed E-state index contributed by atoms with van der Waals surface area (Å²) < 4.78 is 5.77. The van der Waals surface area contributed by atoms with Crippen molar-refractivity contribution in [1.82, 2.24) is 4.90 Å². The van der Waals surface area contributed by atoms with E-state index in [2.05, 4.69) is 93.5 Å². The van der Waals surface area contributed by atoms with Gasteiger partial charge in [-0.15, -0.1) is 0 Å². The molecule has 172 valence electrons. The number of morpholine rings is 1. The van der Waals surface area contributed by atoms with Crippen LogP contribution in [0.3, 0.4) is 0 Å². The molecule has 0 aliphatic carbocycles. The number of carbonyl (C=O) groups excluding carboxylic acids is 1. The average molecular weight is 468 g/mol. The first kappa shape index (κ1) is 24.8. The van der Waals surface area contributed by atoms with E-state index in [1.165, 1.54) is 5.56 Å². The molecule has 0 spiro atoms. The summed E-state index contributed by atoms with van der Waals surface area (Å²) in [5.41, 5.74) is 3.61. The van der Waals surface area contributed by atoms with Crippen LogP contribution in [0.1, 0.15) is 38.8 Å². The number of cyclic esters (lactones) is 1. The van der Waals surface area contributed by atoms with Crippen LogP contribution in [0.2, 0.25) is 19.6 Å². The van der Waals surface area contributed by atoms with Crippen molar-refractivity contribution in [1.29, 1.82) is 0 Å². The fourth-order valence-electron chi connectivity index (χ4n) is 4.14. The van der Waals surface area contributed by atoms with Crippen LogP contribution < -0.4 is 0 Å². The van der Waals surface area contributed by atoms with Crippen LogP contribution in [0.15, 0.2) is 77.3 Å². The summed E-state index contributed by atoms with van der Waals surface area (Å²) in [7, 11) is -1.30. The molecule has 3 nitrogen and oxygen atoms in total. The molecule has 0 amide bonds. The van der Waals surface area contributed by atoms with E-state index in [1.807, 2.05) is 24.3 Å². The Bertz CT molecular complexity index is 903. The van der Waals surface area contributed by atoms with Gasteiger partial charge in [0.2, 0.25) is 0 Å². The van der Waals surface area contributed by atoms with Crippen molar-refractivity contribution in [3.8, 4) is 0 Å². The SMILES string of the molecule is CC(C)(C)[C@H](C/C=C/[Si](C)(C)C)N1C(Sc2ccccc2)C(=O)OC[C@@H]1c1ccccc1. The van der Waals surface area contributed by atoms with E-state index >= 15 is 0 Å². The van der Waals surface area contributed by atoms with Gasteiger partial charge in [-0.25, -0.2) is 4.79 Å². The Morgan fingerprint density at radius 3 is 2.22 bits per heavy atom. The van der Waals surface area contributed by atoms with Gasteiger partial charge in [0.05, 0.1) is 14.1 Å². The molecule has 1 fully saturated rings. The van der Waals surface area contributed by atoms with Crippen LogP contribution in [0.5, 0.6) is 0 Å². The second-order valence-electron chi connectivity index (χ2n) is 10.7. The van der Waals surface area contributed by atoms with Crippen molar-refractivity contribution in [2.45, 2.75) is 69.2 Å². The summed E-state index contributed by atoms with van der Waals surface area (Å²) >= 11 is 1.60. The molecule has 1 aliphatic rings. The molecule has 1 heterocycles. The highest BCUT2D eigenvalue weighted by atomic mass is 32.2. The standard InChI is InChI=1S/C27H37NO2SSi/c1-27(2,3)24(18-13-19-32(4,5)6)28-23(21-14-9-7-10-15-21)20-30-26(29)25(28)31-22-16-11-8-12-17-22/h7-17,19,23-25H,18,20H2,1-6H3/b19-13+/t23-,24+,25?/m1/s1. The van der Waals surface area contributed by atoms with Gasteiger partial charge < -0.3 is 4.74 Å². The fourth-order valence-corrected chi connectivity index (χ4v) is 6.13. The highest BCUT2D eigenvalue weighted by Crippen LogP contribution is 2.42. The quantitative estimate of drug-likeness (QED) is 0.326. The molecule has 3 rings (SSSR count). The first-order valence-electron chi connectivity index (χ1n) is 11.4. The Kier molecular flexibility index (Phi) is 8.07. The smallest absolute Gasteiger partial charge is 0.334 e. The summed E-state index contributed by atoms with van der Waals surface area (Å²) in [4.78, 5) is 16.7. The van der Waals surface area contributed by atoms with E-state index in [1.54, 1.807) is 11.8 Å². The van der Waals surface area contributed by atoms with E-state index in [9.17, 15) is 4.79 Å². The average Bonchev–Trinajstić information content (AvgIpc) is 2.73. The van der Waals surface area contributed by atoms with Gasteiger partial charge in [0.15, 0.2) is 5.37 Å². The van der Waals surface area contributed by atoms with E-state index in [4.69, 9.17) is 4.74 Å². The van der Waals surface area contributed by atoms with Crippen molar-refractivity contribution < 1.29 is 9.53 Å². The molecule has 0 radical (unpaired) electrons. The van der Waals surface area contributed by atoms with Crippen molar-refractivity contribution in [3.05, 3.63) is 78.0 Å². The van der Waals surface area contributed by atoms with Crippen LogP contribution in [0, 0.1) is 5.41 Å². The van der Waals surface area contributed by atoms with Crippen LogP contribution in [-0.2, 0) is 9.53 Å². The summed E-state index contributed by atoms with van der Waals surface area (Å²) in [6, 6.07) is 20.9. The lowest BCUT2D eigenvalue weighted by atomic mass is 9.82. The van der Waals surface area contributed by atoms with Gasteiger partial charge in [0.25, 0.3) is 0 Å². The number of nitrogens with zero attached hydrogens (tertiary/aromatic N) is 1. The third-order valence-corrected chi connectivity index (χ3v) is 8.17. The normalized spacial score (nSPS) is 21.5. The lowest BCUT2D eigenvalue weighted by Crippen LogP contribution is -2.56. The summed E-state index contributed by atoms with van der Waals surface area (Å²) in [5.74, 6) is -0.144. The number of esters is 1. The first-order valence-corrected chi connectivity index (χ1v) is 15.9. The maximum Gasteiger partial charge on any atom is 0.334 e. The van der Waals surface area contributed by atoms with Gasteiger partial charge >= 0.3 is 5.97 Å². The van der Waals surface area contributed by atoms with Crippen LogP contribution >= 0.6 is 11.8 Å². The number of ether oxygens (including phenoxy) is 1. The van der Waals surface area contributed by atoms with Crippen molar-refractivity contribution in [2.24, 2.45) is 5.41 Å². The number of hydrogen-bond donors (Lipinski definition) is 0. The highest BCUT2D eigenvalue weighted by molar-refractivity contribution is 8.00. The number of benzene rings is 2. The number of carbonyl (C=O) groups is 1. The van der Waals surface area contributed by atoms with Crippen LogP contribution in [-0.4, -0.2) is 37.0 Å². The molecule has 5 heteroatoms. The maximum absolute atomic E-state index is 13.2. The zero-order chi connectivity index (χ0) is 23.4. The largest absolute Gasteiger partial charge is 0.462 e. The molecule has 2 aromatic carbocycles. The van der Waals surface area contributed by atoms with Gasteiger partial charge in [0.1, 0.15) is 6.61 Å². The third-order valence-electron chi connectivity index (χ3n) is 5.73. The predicted molar refractivity (Wildman–Crippen MR) is 138 cm³/mol. The Morgan fingerprint density at radius 1 is 1.06 bits per heavy atom. The lowest BCUT2D eigenvalue weighted by molar-refractivity contribution is -0.161. The van der Waals surface area contributed by atoms with Crippen molar-refractivity contribution in [2.75, 3.05) is 6.61 Å². The fraction of sp³-hybridized carbons (Fsp3) is 0.444. The molecule has 1 unspecified atom stereocenters. The lowest BCUT2D eigenvalue weighted by Gasteiger charge is -2.49. The minimum Gasteiger partial charge on any atom is -0.462 e. The molecular weight excluding hydrogens is 430 g/mol. The molecule has 2 aromatic rings. The van der Waals surface area contributed by atoms with Gasteiger partial charge in [-0.2, -0.15) is 0 Å². The highest BCUT2D eigenvalue weighted by Gasteiger charge is 2.46. The molecule has 1 saturated heterocycles. The Hall–Kier alpha value is -1.82. The number of rotatable bonds is 7. The zero-order valence-electron chi connectivity index (χ0n) is 20.2. The summed E-state index contributed by atoms with van der Waals surface area (Å²) in [6.45, 7) is 14.3. The van der Waals surface area contributed by atoms with Gasteiger partial charge in [-0.05, 0) is 29.5 Å². The van der Waals surface area contributed by atoms with Gasteiger partial charge in [0, 0.05) is 10.9 Å². The number of hydrogen-bond acceptors (Lipinski definition) is 4. The molecule has 0 N–H and O–H groups in total. The predicted octanol–water partition coefficient (Wildman–Crippen LogP) is 6.94. The van der Waals surface area contributed by atoms with E-state index in [0.29, 0.717) is 6.61 Å². The van der Waals surface area contributed by atoms with Crippen LogP contribution in [0.25, 0.3) is 0 Å². The molecule has 0 aromatic heterocycles. The van der Waals surface area contributed by atoms with Gasteiger partial charge in [-0.3, -0.25) is 4.90 Å². The second kappa shape index (κ2) is 10.4.